The molecule has 0 aromatic heterocycles. The molecule has 1 aliphatic carbocycles. The molecule has 0 amide bonds. The van der Waals surface area contributed by atoms with Crippen LogP contribution in [0.4, 0.5) is 0 Å². The number of fused-ring (bicyclic) bond motifs is 1. The highest BCUT2D eigenvalue weighted by Gasteiger charge is 2.48. The Balaban J connectivity index is 1.71. The number of hydrogen-bond donors (Lipinski definition) is 1. The molecule has 0 aromatic carbocycles. The largest absolute Gasteiger partial charge is 0.396 e. The quantitative estimate of drug-likeness (QED) is 0.845. The van der Waals surface area contributed by atoms with E-state index in [0.29, 0.717) is 24.5 Å². The Morgan fingerprint density at radius 3 is 2.79 bits per heavy atom. The van der Waals surface area contributed by atoms with Crippen LogP contribution in [-0.4, -0.2) is 54.7 Å². The molecule has 3 rings (SSSR count). The molecule has 4 heteroatoms. The average molecular weight is 269 g/mol. The van der Waals surface area contributed by atoms with Gasteiger partial charge in [0.15, 0.2) is 5.79 Å². The second-order valence-corrected chi connectivity index (χ2v) is 6.46. The van der Waals surface area contributed by atoms with Gasteiger partial charge in [0.25, 0.3) is 0 Å². The minimum atomic E-state index is -0.281. The van der Waals surface area contributed by atoms with Gasteiger partial charge >= 0.3 is 0 Å². The summed E-state index contributed by atoms with van der Waals surface area (Å²) in [6, 6.07) is 0.682. The molecule has 2 aliphatic heterocycles. The third-order valence-corrected chi connectivity index (χ3v) is 5.12. The Morgan fingerprint density at radius 2 is 2.11 bits per heavy atom. The van der Waals surface area contributed by atoms with Gasteiger partial charge in [0.1, 0.15) is 0 Å². The van der Waals surface area contributed by atoms with Crippen LogP contribution in [0.3, 0.4) is 0 Å². The Kier molecular flexibility index (Phi) is 4.13. The van der Waals surface area contributed by atoms with E-state index < -0.39 is 0 Å². The van der Waals surface area contributed by atoms with Crippen LogP contribution in [0.2, 0.25) is 0 Å². The van der Waals surface area contributed by atoms with Crippen LogP contribution in [0.5, 0.6) is 0 Å². The molecule has 2 saturated heterocycles. The first-order chi connectivity index (χ1) is 9.26. The highest BCUT2D eigenvalue weighted by Crippen LogP contribution is 2.45. The Labute approximate surface area is 116 Å². The number of rotatable bonds is 3. The first-order valence-corrected chi connectivity index (χ1v) is 7.89. The van der Waals surface area contributed by atoms with E-state index in [9.17, 15) is 5.11 Å². The lowest BCUT2D eigenvalue weighted by molar-refractivity contribution is -0.204. The normalized spacial score (nSPS) is 38.5. The maximum atomic E-state index is 9.53. The molecule has 4 nitrogen and oxygen atoms in total. The van der Waals surface area contributed by atoms with Gasteiger partial charge in [-0.05, 0) is 37.6 Å². The van der Waals surface area contributed by atoms with Crippen molar-refractivity contribution in [1.29, 1.82) is 0 Å². The van der Waals surface area contributed by atoms with Gasteiger partial charge < -0.3 is 14.6 Å². The molecule has 3 aliphatic rings. The third kappa shape index (κ3) is 2.68. The zero-order valence-corrected chi connectivity index (χ0v) is 12.0. The number of aliphatic hydroxyl groups is 1. The monoisotopic (exact) mass is 269 g/mol. The fourth-order valence-electron chi connectivity index (χ4n) is 4.37. The molecular formula is C15H27NO3. The van der Waals surface area contributed by atoms with Crippen molar-refractivity contribution in [3.8, 4) is 0 Å². The van der Waals surface area contributed by atoms with E-state index in [1.807, 2.05) is 0 Å². The molecule has 1 N–H and O–H groups in total. The van der Waals surface area contributed by atoms with Gasteiger partial charge in [0.05, 0.1) is 13.2 Å². The lowest BCUT2D eigenvalue weighted by Gasteiger charge is -2.50. The van der Waals surface area contributed by atoms with Crippen molar-refractivity contribution < 1.29 is 14.6 Å². The highest BCUT2D eigenvalue weighted by molar-refractivity contribution is 4.96. The van der Waals surface area contributed by atoms with E-state index in [1.54, 1.807) is 0 Å². The molecule has 110 valence electrons. The standard InChI is InChI=1S/C15H27NO3/c1-2-5-16-10-12(11-17)8-13-9-15(4-3-14(13)16)18-6-7-19-15/h12-14,17H,2-11H2,1H3/t12-,13-,14-/m0/s1. The molecule has 1 spiro atoms. The van der Waals surface area contributed by atoms with Crippen molar-refractivity contribution in [2.75, 3.05) is 32.9 Å². The fourth-order valence-corrected chi connectivity index (χ4v) is 4.37. The summed E-state index contributed by atoms with van der Waals surface area (Å²) in [6.45, 7) is 6.29. The van der Waals surface area contributed by atoms with Crippen LogP contribution in [-0.2, 0) is 9.47 Å². The van der Waals surface area contributed by atoms with Crippen molar-refractivity contribution in [2.45, 2.75) is 50.9 Å². The van der Waals surface area contributed by atoms with Crippen LogP contribution in [0.25, 0.3) is 0 Å². The number of hydrogen-bond acceptors (Lipinski definition) is 4. The number of ether oxygens (including phenoxy) is 2. The highest BCUT2D eigenvalue weighted by atomic mass is 16.7. The number of nitrogens with zero attached hydrogens (tertiary/aromatic N) is 1. The predicted molar refractivity (Wildman–Crippen MR) is 72.8 cm³/mol. The predicted octanol–water partition coefficient (Wildman–Crippen LogP) is 1.62. The van der Waals surface area contributed by atoms with Crippen LogP contribution in [0.1, 0.15) is 39.0 Å². The van der Waals surface area contributed by atoms with Gasteiger partial charge in [-0.2, -0.15) is 0 Å². The van der Waals surface area contributed by atoms with Gasteiger partial charge in [0.2, 0.25) is 0 Å². The van der Waals surface area contributed by atoms with E-state index in [1.165, 1.54) is 12.8 Å². The minimum Gasteiger partial charge on any atom is -0.396 e. The van der Waals surface area contributed by atoms with Gasteiger partial charge in [-0.25, -0.2) is 0 Å². The minimum absolute atomic E-state index is 0.281. The molecule has 3 fully saturated rings. The molecule has 1 saturated carbocycles. The van der Waals surface area contributed by atoms with Crippen molar-refractivity contribution in [3.63, 3.8) is 0 Å². The molecule has 2 heterocycles. The Hall–Kier alpha value is -0.160. The molecule has 0 bridgehead atoms. The Bertz CT molecular complexity index is 304. The van der Waals surface area contributed by atoms with E-state index in [2.05, 4.69) is 11.8 Å². The fraction of sp³-hybridized carbons (Fsp3) is 1.00. The van der Waals surface area contributed by atoms with Crippen LogP contribution in [0.15, 0.2) is 0 Å². The maximum Gasteiger partial charge on any atom is 0.168 e. The lowest BCUT2D eigenvalue weighted by atomic mass is 9.72. The summed E-state index contributed by atoms with van der Waals surface area (Å²) in [5.74, 6) is 0.782. The molecule has 19 heavy (non-hydrogen) atoms. The second-order valence-electron chi connectivity index (χ2n) is 6.46. The van der Waals surface area contributed by atoms with Crippen LogP contribution >= 0.6 is 0 Å². The smallest absolute Gasteiger partial charge is 0.168 e. The zero-order chi connectivity index (χ0) is 13.3. The summed E-state index contributed by atoms with van der Waals surface area (Å²) in [6.07, 6.45) is 5.57. The molecule has 0 radical (unpaired) electrons. The van der Waals surface area contributed by atoms with Gasteiger partial charge in [-0.3, -0.25) is 4.90 Å². The molecule has 3 atom stereocenters. The topological polar surface area (TPSA) is 41.9 Å². The first kappa shape index (κ1) is 13.8. The lowest BCUT2D eigenvalue weighted by Crippen LogP contribution is -2.55. The number of likely N-dealkylation sites (tertiary alicyclic amines) is 1. The summed E-state index contributed by atoms with van der Waals surface area (Å²) in [4.78, 5) is 2.61. The van der Waals surface area contributed by atoms with E-state index in [4.69, 9.17) is 9.47 Å². The van der Waals surface area contributed by atoms with Crippen molar-refractivity contribution in [3.05, 3.63) is 0 Å². The van der Waals surface area contributed by atoms with Gasteiger partial charge in [0, 0.05) is 32.0 Å². The van der Waals surface area contributed by atoms with Crippen LogP contribution < -0.4 is 0 Å². The Morgan fingerprint density at radius 1 is 1.32 bits per heavy atom. The SMILES string of the molecule is CCCN1C[C@@H](CO)C[C@H]2CC3(CC[C@@H]21)OCCO3. The van der Waals surface area contributed by atoms with E-state index in [-0.39, 0.29) is 5.79 Å². The molecular weight excluding hydrogens is 242 g/mol. The van der Waals surface area contributed by atoms with E-state index >= 15 is 0 Å². The van der Waals surface area contributed by atoms with Crippen LogP contribution in [0, 0.1) is 11.8 Å². The summed E-state index contributed by atoms with van der Waals surface area (Å²) in [5.41, 5.74) is 0. The molecule has 0 unspecified atom stereocenters. The van der Waals surface area contributed by atoms with Crippen molar-refractivity contribution >= 4 is 0 Å². The average Bonchev–Trinajstić information content (AvgIpc) is 2.86. The van der Waals surface area contributed by atoms with Gasteiger partial charge in [-0.1, -0.05) is 6.92 Å². The third-order valence-electron chi connectivity index (χ3n) is 5.12. The second kappa shape index (κ2) is 5.68. The first-order valence-electron chi connectivity index (χ1n) is 7.89. The summed E-state index contributed by atoms with van der Waals surface area (Å²) in [5, 5.41) is 9.53. The van der Waals surface area contributed by atoms with Crippen molar-refractivity contribution in [1.82, 2.24) is 4.90 Å². The summed E-state index contributed by atoms with van der Waals surface area (Å²) < 4.78 is 11.8. The summed E-state index contributed by atoms with van der Waals surface area (Å²) >= 11 is 0. The van der Waals surface area contributed by atoms with Crippen molar-refractivity contribution in [2.24, 2.45) is 11.8 Å². The maximum absolute atomic E-state index is 9.53. The van der Waals surface area contributed by atoms with E-state index in [0.717, 1.165) is 45.6 Å². The van der Waals surface area contributed by atoms with Gasteiger partial charge in [-0.15, -0.1) is 0 Å². The summed E-state index contributed by atoms with van der Waals surface area (Å²) in [7, 11) is 0. The number of piperidine rings is 1. The molecule has 0 aromatic rings. The zero-order valence-electron chi connectivity index (χ0n) is 12.0. The number of aliphatic hydroxyl groups excluding tert-OH is 1.